The molecule has 22 heavy (non-hydrogen) atoms. The van der Waals surface area contributed by atoms with Crippen molar-refractivity contribution >= 4 is 5.91 Å². The van der Waals surface area contributed by atoms with Gasteiger partial charge < -0.3 is 9.73 Å². The maximum absolute atomic E-state index is 12.7. The second-order valence-corrected chi connectivity index (χ2v) is 7.03. The predicted molar refractivity (Wildman–Crippen MR) is 80.0 cm³/mol. The van der Waals surface area contributed by atoms with Crippen LogP contribution in [0.4, 0.5) is 0 Å². The molecule has 5 heteroatoms. The van der Waals surface area contributed by atoms with Crippen molar-refractivity contribution in [2.45, 2.75) is 25.3 Å². The van der Waals surface area contributed by atoms with E-state index in [0.717, 1.165) is 23.7 Å². The van der Waals surface area contributed by atoms with E-state index in [-0.39, 0.29) is 5.91 Å². The Bertz CT molecular complexity index is 717. The van der Waals surface area contributed by atoms with Gasteiger partial charge in [-0.15, -0.1) is 0 Å². The molecule has 2 aromatic rings. The number of furan rings is 1. The van der Waals surface area contributed by atoms with E-state index in [2.05, 4.69) is 10.4 Å². The Balaban J connectivity index is 1.38. The summed E-state index contributed by atoms with van der Waals surface area (Å²) in [6.07, 6.45) is 7.51. The number of aryl methyl sites for hydroxylation is 1. The molecule has 3 fully saturated rings. The Labute approximate surface area is 128 Å². The number of carbonyl (C=O) groups is 1. The zero-order valence-corrected chi connectivity index (χ0v) is 12.5. The van der Waals surface area contributed by atoms with Crippen LogP contribution < -0.4 is 5.32 Å². The van der Waals surface area contributed by atoms with Gasteiger partial charge in [-0.1, -0.05) is 0 Å². The van der Waals surface area contributed by atoms with Crippen molar-refractivity contribution < 1.29 is 9.21 Å². The molecular weight excluding hydrogens is 278 g/mol. The van der Waals surface area contributed by atoms with E-state index in [9.17, 15) is 4.79 Å². The molecule has 5 rings (SSSR count). The third-order valence-electron chi connectivity index (χ3n) is 5.86. The lowest BCUT2D eigenvalue weighted by atomic mass is 10.0. The normalized spacial score (nSPS) is 34.7. The first-order valence-corrected chi connectivity index (χ1v) is 8.11. The van der Waals surface area contributed by atoms with Crippen molar-refractivity contribution in [2.75, 3.05) is 0 Å². The average Bonchev–Trinajstić information content (AvgIpc) is 3.06. The minimum atomic E-state index is -0.0155. The second kappa shape index (κ2) is 4.24. The molecule has 1 N–H and O–H groups in total. The fourth-order valence-electron chi connectivity index (χ4n) is 5.00. The number of hydrogen-bond acceptors (Lipinski definition) is 3. The van der Waals surface area contributed by atoms with Gasteiger partial charge in [-0.3, -0.25) is 9.48 Å². The molecule has 3 aliphatic rings. The van der Waals surface area contributed by atoms with Crippen molar-refractivity contribution in [1.29, 1.82) is 0 Å². The summed E-state index contributed by atoms with van der Waals surface area (Å²) in [6, 6.07) is 4.04. The zero-order valence-electron chi connectivity index (χ0n) is 12.5. The van der Waals surface area contributed by atoms with Gasteiger partial charge in [0.2, 0.25) is 0 Å². The molecule has 1 amide bonds. The molecule has 2 aromatic heterocycles. The summed E-state index contributed by atoms with van der Waals surface area (Å²) in [4.78, 5) is 12.7. The molecule has 0 saturated heterocycles. The molecule has 0 spiro atoms. The highest BCUT2D eigenvalue weighted by atomic mass is 16.3. The van der Waals surface area contributed by atoms with Crippen LogP contribution in [0.25, 0.3) is 11.5 Å². The van der Waals surface area contributed by atoms with E-state index < -0.39 is 0 Å². The Kier molecular flexibility index (Phi) is 2.41. The van der Waals surface area contributed by atoms with Crippen LogP contribution in [-0.4, -0.2) is 21.7 Å². The summed E-state index contributed by atoms with van der Waals surface area (Å²) in [6.45, 7) is 0. The lowest BCUT2D eigenvalue weighted by molar-refractivity contribution is 0.0944. The molecule has 2 heterocycles. The Morgan fingerprint density at radius 1 is 1.36 bits per heavy atom. The van der Waals surface area contributed by atoms with Gasteiger partial charge in [0.25, 0.3) is 5.91 Å². The molecule has 5 nitrogen and oxygen atoms in total. The summed E-state index contributed by atoms with van der Waals surface area (Å²) in [7, 11) is 1.83. The van der Waals surface area contributed by atoms with Gasteiger partial charge in [-0.05, 0) is 55.1 Å². The molecule has 0 aliphatic heterocycles. The fourth-order valence-corrected chi connectivity index (χ4v) is 5.00. The highest BCUT2D eigenvalue weighted by Crippen LogP contribution is 2.65. The SMILES string of the molecule is Cn1cc(C(=O)NC2C3C4CCC(C4)C23)c(-c2ccco2)n1. The third kappa shape index (κ3) is 1.65. The van der Waals surface area contributed by atoms with Gasteiger partial charge in [0.05, 0.1) is 11.8 Å². The summed E-state index contributed by atoms with van der Waals surface area (Å²) in [5.74, 6) is 3.83. The van der Waals surface area contributed by atoms with Crippen LogP contribution in [0.3, 0.4) is 0 Å². The van der Waals surface area contributed by atoms with E-state index in [1.165, 1.54) is 19.3 Å². The van der Waals surface area contributed by atoms with E-state index in [1.807, 2.05) is 19.2 Å². The smallest absolute Gasteiger partial charge is 0.255 e. The summed E-state index contributed by atoms with van der Waals surface area (Å²) >= 11 is 0. The number of rotatable bonds is 3. The van der Waals surface area contributed by atoms with Crippen LogP contribution in [0, 0.1) is 23.7 Å². The van der Waals surface area contributed by atoms with E-state index in [0.29, 0.717) is 23.1 Å². The van der Waals surface area contributed by atoms with Gasteiger partial charge in [0, 0.05) is 19.3 Å². The average molecular weight is 297 g/mol. The summed E-state index contributed by atoms with van der Waals surface area (Å²) < 4.78 is 7.08. The van der Waals surface area contributed by atoms with Crippen molar-refractivity contribution in [3.63, 3.8) is 0 Å². The van der Waals surface area contributed by atoms with Gasteiger partial charge in [0.1, 0.15) is 5.69 Å². The Morgan fingerprint density at radius 2 is 2.14 bits per heavy atom. The highest BCUT2D eigenvalue weighted by Gasteiger charge is 2.65. The number of amides is 1. The van der Waals surface area contributed by atoms with Crippen LogP contribution in [0.5, 0.6) is 0 Å². The van der Waals surface area contributed by atoms with Gasteiger partial charge in [0.15, 0.2) is 5.76 Å². The lowest BCUT2D eigenvalue weighted by Crippen LogP contribution is -2.30. The lowest BCUT2D eigenvalue weighted by Gasteiger charge is -2.10. The number of aromatic nitrogens is 2. The molecule has 0 radical (unpaired) electrons. The van der Waals surface area contributed by atoms with Crippen molar-refractivity contribution in [3.8, 4) is 11.5 Å². The van der Waals surface area contributed by atoms with Crippen LogP contribution in [0.15, 0.2) is 29.0 Å². The highest BCUT2D eigenvalue weighted by molar-refractivity contribution is 5.99. The predicted octanol–water partition coefficient (Wildman–Crippen LogP) is 2.45. The Morgan fingerprint density at radius 3 is 2.82 bits per heavy atom. The van der Waals surface area contributed by atoms with E-state index in [1.54, 1.807) is 17.1 Å². The first kappa shape index (κ1) is 12.5. The van der Waals surface area contributed by atoms with E-state index in [4.69, 9.17) is 4.42 Å². The molecule has 0 aromatic carbocycles. The van der Waals surface area contributed by atoms with Crippen LogP contribution in [0.1, 0.15) is 29.6 Å². The molecule has 3 saturated carbocycles. The largest absolute Gasteiger partial charge is 0.463 e. The molecule has 114 valence electrons. The van der Waals surface area contributed by atoms with E-state index >= 15 is 0 Å². The number of carbonyl (C=O) groups excluding carboxylic acids is 1. The standard InChI is InChI=1S/C17H19N3O2/c1-20-8-11(15(19-20)12-3-2-6-22-12)17(21)18-16-13-9-4-5-10(7-9)14(13)16/h2-3,6,8-10,13-14,16H,4-5,7H2,1H3,(H,18,21). The monoisotopic (exact) mass is 297 g/mol. The maximum Gasteiger partial charge on any atom is 0.255 e. The quantitative estimate of drug-likeness (QED) is 0.946. The maximum atomic E-state index is 12.7. The second-order valence-electron chi connectivity index (χ2n) is 7.03. The molecule has 4 unspecified atom stereocenters. The van der Waals surface area contributed by atoms with Crippen molar-refractivity contribution in [2.24, 2.45) is 30.7 Å². The number of nitrogens with zero attached hydrogens (tertiary/aromatic N) is 2. The number of hydrogen-bond donors (Lipinski definition) is 1. The Hall–Kier alpha value is -2.04. The molecule has 4 atom stereocenters. The van der Waals surface area contributed by atoms with Gasteiger partial charge in [-0.2, -0.15) is 5.10 Å². The molecular formula is C17H19N3O2. The van der Waals surface area contributed by atoms with Crippen LogP contribution in [-0.2, 0) is 7.05 Å². The van der Waals surface area contributed by atoms with Crippen molar-refractivity contribution in [1.82, 2.24) is 15.1 Å². The van der Waals surface area contributed by atoms with Gasteiger partial charge >= 0.3 is 0 Å². The number of fused-ring (bicyclic) bond motifs is 5. The van der Waals surface area contributed by atoms with Crippen LogP contribution >= 0.6 is 0 Å². The number of nitrogens with one attached hydrogen (secondary N) is 1. The van der Waals surface area contributed by atoms with Crippen molar-refractivity contribution in [3.05, 3.63) is 30.2 Å². The first-order valence-electron chi connectivity index (χ1n) is 8.11. The third-order valence-corrected chi connectivity index (χ3v) is 5.86. The minimum absolute atomic E-state index is 0.0155. The molecule has 2 bridgehead atoms. The first-order chi connectivity index (χ1) is 10.7. The fraction of sp³-hybridized carbons (Fsp3) is 0.529. The van der Waals surface area contributed by atoms with Gasteiger partial charge in [-0.25, -0.2) is 0 Å². The summed E-state index contributed by atoms with van der Waals surface area (Å²) in [5, 5.41) is 7.63. The topological polar surface area (TPSA) is 60.1 Å². The summed E-state index contributed by atoms with van der Waals surface area (Å²) in [5.41, 5.74) is 1.23. The minimum Gasteiger partial charge on any atom is -0.463 e. The van der Waals surface area contributed by atoms with Crippen LogP contribution in [0.2, 0.25) is 0 Å². The zero-order chi connectivity index (χ0) is 14.8. The molecule has 3 aliphatic carbocycles.